The van der Waals surface area contributed by atoms with Crippen molar-refractivity contribution in [3.8, 4) is 17.4 Å². The molecule has 1 aromatic carbocycles. The monoisotopic (exact) mass is 279 g/mol. The number of phenols is 1. The number of pyridine rings is 1. The first-order valence-electron chi connectivity index (χ1n) is 4.74. The fraction of sp³-hybridized carbons (Fsp3) is 0.0833. The minimum atomic E-state index is 0.182. The van der Waals surface area contributed by atoms with Crippen molar-refractivity contribution in [2.75, 3.05) is 0 Å². The van der Waals surface area contributed by atoms with Gasteiger partial charge in [0.2, 0.25) is 5.88 Å². The lowest BCUT2D eigenvalue weighted by atomic mass is 10.2. The van der Waals surface area contributed by atoms with Crippen LogP contribution in [-0.4, -0.2) is 10.1 Å². The summed E-state index contributed by atoms with van der Waals surface area (Å²) in [5.41, 5.74) is 0.932. The van der Waals surface area contributed by atoms with Crippen LogP contribution in [0.2, 0.25) is 0 Å². The first-order chi connectivity index (χ1) is 7.65. The topological polar surface area (TPSA) is 42.4 Å². The van der Waals surface area contributed by atoms with Gasteiger partial charge in [-0.25, -0.2) is 4.98 Å². The Morgan fingerprint density at radius 1 is 1.31 bits per heavy atom. The molecule has 2 rings (SSSR count). The summed E-state index contributed by atoms with van der Waals surface area (Å²) >= 11 is 3.34. The minimum Gasteiger partial charge on any atom is -0.508 e. The summed E-state index contributed by atoms with van der Waals surface area (Å²) in [5.74, 6) is 1.23. The molecular formula is C12H10BrNO2. The van der Waals surface area contributed by atoms with E-state index < -0.39 is 0 Å². The summed E-state index contributed by atoms with van der Waals surface area (Å²) in [6, 6.07) is 8.71. The van der Waals surface area contributed by atoms with E-state index in [9.17, 15) is 5.11 Å². The normalized spacial score (nSPS) is 10.1. The number of phenolic OH excluding ortho intramolecular Hbond substituents is 1. The molecule has 0 bridgehead atoms. The number of nitrogens with zero attached hydrogens (tertiary/aromatic N) is 1. The molecule has 0 amide bonds. The molecule has 0 radical (unpaired) electrons. The average Bonchev–Trinajstić information content (AvgIpc) is 2.20. The Bertz CT molecular complexity index is 494. The summed E-state index contributed by atoms with van der Waals surface area (Å²) < 4.78 is 6.33. The van der Waals surface area contributed by atoms with E-state index in [4.69, 9.17) is 4.74 Å². The third kappa shape index (κ3) is 2.52. The van der Waals surface area contributed by atoms with Crippen molar-refractivity contribution in [1.82, 2.24) is 4.98 Å². The maximum atomic E-state index is 9.43. The molecule has 2 aromatic rings. The third-order valence-electron chi connectivity index (χ3n) is 1.97. The standard InChI is InChI=1S/C12H10BrNO2/c1-8-5-9(15)7-10(6-8)16-12-11(13)3-2-4-14-12/h2-7,15H,1H3. The van der Waals surface area contributed by atoms with E-state index in [0.29, 0.717) is 11.6 Å². The summed E-state index contributed by atoms with van der Waals surface area (Å²) in [5, 5.41) is 9.43. The lowest BCUT2D eigenvalue weighted by Crippen LogP contribution is -1.89. The van der Waals surface area contributed by atoms with Gasteiger partial charge in [-0.3, -0.25) is 0 Å². The highest BCUT2D eigenvalue weighted by Crippen LogP contribution is 2.29. The molecule has 0 fully saturated rings. The maximum Gasteiger partial charge on any atom is 0.233 e. The van der Waals surface area contributed by atoms with Crippen molar-refractivity contribution < 1.29 is 9.84 Å². The molecule has 1 heterocycles. The molecule has 3 nitrogen and oxygen atoms in total. The van der Waals surface area contributed by atoms with Gasteiger partial charge in [0.15, 0.2) is 0 Å². The van der Waals surface area contributed by atoms with Crippen molar-refractivity contribution in [1.29, 1.82) is 0 Å². The summed E-state index contributed by atoms with van der Waals surface area (Å²) in [4.78, 5) is 4.08. The lowest BCUT2D eigenvalue weighted by Gasteiger charge is -2.07. The van der Waals surface area contributed by atoms with Gasteiger partial charge in [-0.05, 0) is 52.7 Å². The van der Waals surface area contributed by atoms with Crippen LogP contribution < -0.4 is 4.74 Å². The summed E-state index contributed by atoms with van der Waals surface area (Å²) in [6.07, 6.45) is 1.65. The number of rotatable bonds is 2. The Morgan fingerprint density at radius 2 is 2.12 bits per heavy atom. The highest BCUT2D eigenvalue weighted by Gasteiger charge is 2.04. The summed E-state index contributed by atoms with van der Waals surface area (Å²) in [7, 11) is 0. The van der Waals surface area contributed by atoms with Gasteiger partial charge in [0.1, 0.15) is 11.5 Å². The zero-order valence-electron chi connectivity index (χ0n) is 8.64. The Balaban J connectivity index is 2.30. The van der Waals surface area contributed by atoms with Gasteiger partial charge in [-0.2, -0.15) is 0 Å². The Kier molecular flexibility index (Phi) is 3.10. The molecule has 1 aromatic heterocycles. The van der Waals surface area contributed by atoms with Crippen LogP contribution in [-0.2, 0) is 0 Å². The number of hydrogen-bond acceptors (Lipinski definition) is 3. The minimum absolute atomic E-state index is 0.182. The molecule has 4 heteroatoms. The van der Waals surface area contributed by atoms with E-state index in [1.54, 1.807) is 18.3 Å². The van der Waals surface area contributed by atoms with Gasteiger partial charge in [-0.15, -0.1) is 0 Å². The van der Waals surface area contributed by atoms with E-state index in [1.165, 1.54) is 0 Å². The van der Waals surface area contributed by atoms with Crippen LogP contribution in [0.15, 0.2) is 41.0 Å². The predicted molar refractivity (Wildman–Crippen MR) is 64.9 cm³/mol. The summed E-state index contributed by atoms with van der Waals surface area (Å²) in [6.45, 7) is 1.89. The lowest BCUT2D eigenvalue weighted by molar-refractivity contribution is 0.443. The van der Waals surface area contributed by atoms with Crippen LogP contribution in [0.1, 0.15) is 5.56 Å². The van der Waals surface area contributed by atoms with Gasteiger partial charge < -0.3 is 9.84 Å². The van der Waals surface area contributed by atoms with Crippen molar-refractivity contribution in [3.05, 3.63) is 46.6 Å². The number of aromatic hydroxyl groups is 1. The maximum absolute atomic E-state index is 9.43. The van der Waals surface area contributed by atoms with E-state index in [-0.39, 0.29) is 5.75 Å². The van der Waals surface area contributed by atoms with Crippen LogP contribution in [0.5, 0.6) is 17.4 Å². The predicted octanol–water partition coefficient (Wildman–Crippen LogP) is 3.65. The van der Waals surface area contributed by atoms with Gasteiger partial charge >= 0.3 is 0 Å². The molecule has 0 unspecified atom stereocenters. The van der Waals surface area contributed by atoms with E-state index in [0.717, 1.165) is 10.0 Å². The van der Waals surface area contributed by atoms with Gasteiger partial charge in [0.05, 0.1) is 4.47 Å². The molecule has 0 saturated carbocycles. The Morgan fingerprint density at radius 3 is 2.81 bits per heavy atom. The fourth-order valence-electron chi connectivity index (χ4n) is 1.35. The van der Waals surface area contributed by atoms with Crippen LogP contribution in [0.25, 0.3) is 0 Å². The first-order valence-corrected chi connectivity index (χ1v) is 5.53. The Labute approximate surface area is 102 Å². The number of ether oxygens (including phenoxy) is 1. The zero-order valence-corrected chi connectivity index (χ0v) is 10.2. The van der Waals surface area contributed by atoms with Gasteiger partial charge in [0, 0.05) is 12.3 Å². The van der Waals surface area contributed by atoms with E-state index in [1.807, 2.05) is 25.1 Å². The number of aromatic nitrogens is 1. The van der Waals surface area contributed by atoms with Crippen LogP contribution in [0, 0.1) is 6.92 Å². The third-order valence-corrected chi connectivity index (χ3v) is 2.58. The first kappa shape index (κ1) is 11.0. The molecule has 0 atom stereocenters. The number of benzene rings is 1. The number of halogens is 1. The van der Waals surface area contributed by atoms with Crippen molar-refractivity contribution >= 4 is 15.9 Å². The SMILES string of the molecule is Cc1cc(O)cc(Oc2ncccc2Br)c1. The van der Waals surface area contributed by atoms with Crippen LogP contribution >= 0.6 is 15.9 Å². The molecule has 0 spiro atoms. The largest absolute Gasteiger partial charge is 0.508 e. The van der Waals surface area contributed by atoms with Crippen LogP contribution in [0.4, 0.5) is 0 Å². The van der Waals surface area contributed by atoms with Gasteiger partial charge in [0.25, 0.3) is 0 Å². The highest BCUT2D eigenvalue weighted by atomic mass is 79.9. The fourth-order valence-corrected chi connectivity index (χ4v) is 1.68. The molecule has 0 saturated heterocycles. The smallest absolute Gasteiger partial charge is 0.233 e. The number of hydrogen-bond donors (Lipinski definition) is 1. The second kappa shape index (κ2) is 4.53. The quantitative estimate of drug-likeness (QED) is 0.913. The molecule has 16 heavy (non-hydrogen) atoms. The molecule has 1 N–H and O–H groups in total. The second-order valence-corrected chi connectivity index (χ2v) is 4.25. The highest BCUT2D eigenvalue weighted by molar-refractivity contribution is 9.10. The molecular weight excluding hydrogens is 270 g/mol. The van der Waals surface area contributed by atoms with Crippen molar-refractivity contribution in [3.63, 3.8) is 0 Å². The molecule has 0 aliphatic rings. The van der Waals surface area contributed by atoms with Crippen molar-refractivity contribution in [2.45, 2.75) is 6.92 Å². The second-order valence-electron chi connectivity index (χ2n) is 3.40. The average molecular weight is 280 g/mol. The van der Waals surface area contributed by atoms with Gasteiger partial charge in [-0.1, -0.05) is 0 Å². The van der Waals surface area contributed by atoms with E-state index >= 15 is 0 Å². The molecule has 0 aliphatic carbocycles. The Hall–Kier alpha value is -1.55. The van der Waals surface area contributed by atoms with Crippen LogP contribution in [0.3, 0.4) is 0 Å². The molecule has 0 aliphatic heterocycles. The van der Waals surface area contributed by atoms with E-state index in [2.05, 4.69) is 20.9 Å². The van der Waals surface area contributed by atoms with Crippen molar-refractivity contribution in [2.24, 2.45) is 0 Å². The number of aryl methyl sites for hydroxylation is 1. The zero-order chi connectivity index (χ0) is 11.5. The molecule has 82 valence electrons.